The predicted octanol–water partition coefficient (Wildman–Crippen LogP) is 3.42. The number of carboxylic acids is 2. The number of rotatable bonds is 7. The van der Waals surface area contributed by atoms with Crippen LogP contribution in [0.5, 0.6) is 11.5 Å². The van der Waals surface area contributed by atoms with Gasteiger partial charge in [-0.05, 0) is 36.2 Å². The summed E-state index contributed by atoms with van der Waals surface area (Å²) in [5.41, 5.74) is 1.71. The van der Waals surface area contributed by atoms with Crippen molar-refractivity contribution in [1.29, 1.82) is 0 Å². The number of hydroxylamine groups is 2. The molecule has 33 heavy (non-hydrogen) atoms. The number of guanidine groups is 1. The van der Waals surface area contributed by atoms with E-state index in [4.69, 9.17) is 57.3 Å². The summed E-state index contributed by atoms with van der Waals surface area (Å²) < 4.78 is 10.6. The van der Waals surface area contributed by atoms with E-state index in [9.17, 15) is 0 Å². The average molecular weight is 500 g/mol. The van der Waals surface area contributed by atoms with E-state index >= 15 is 0 Å². The van der Waals surface area contributed by atoms with Crippen molar-refractivity contribution in [2.45, 2.75) is 6.42 Å². The summed E-state index contributed by atoms with van der Waals surface area (Å²) >= 11 is 12.4. The van der Waals surface area contributed by atoms with Crippen molar-refractivity contribution in [1.82, 2.24) is 5.06 Å². The quantitative estimate of drug-likeness (QED) is 0.490. The third kappa shape index (κ3) is 7.70. The van der Waals surface area contributed by atoms with E-state index in [1.807, 2.05) is 18.2 Å². The van der Waals surface area contributed by atoms with Gasteiger partial charge in [-0.25, -0.2) is 19.6 Å². The molecule has 12 heteroatoms. The Balaban J connectivity index is 0.000000569. The number of aliphatic carboxylic acids is 2. The van der Waals surface area contributed by atoms with Gasteiger partial charge in [0.25, 0.3) is 0 Å². The summed E-state index contributed by atoms with van der Waals surface area (Å²) in [4.78, 5) is 28.5. The van der Waals surface area contributed by atoms with Gasteiger partial charge in [0.05, 0.1) is 49.6 Å². The molecule has 0 amide bonds. The molecule has 178 valence electrons. The standard InChI is InChI=1S/C19H21Cl2N3O3.C2H2O4/c1-25-16-7-6-13(12-17(16)26-2)8-11-27-24-10-9-22-19(24)23-18-14(20)4-3-5-15(18)21;3-1(4)2(5)6/h3-7,12H,8-11H2,1-2H3,(H,22,23);(H,3,4)(H,5,6). The van der Waals surface area contributed by atoms with Crippen molar-refractivity contribution in [2.75, 3.05) is 39.2 Å². The number of halogens is 2. The van der Waals surface area contributed by atoms with E-state index < -0.39 is 11.9 Å². The molecule has 0 unspecified atom stereocenters. The van der Waals surface area contributed by atoms with Gasteiger partial charge < -0.3 is 25.0 Å². The fraction of sp³-hybridized carbons (Fsp3) is 0.286. The first-order valence-electron chi connectivity index (χ1n) is 9.59. The summed E-state index contributed by atoms with van der Waals surface area (Å²) in [6, 6.07) is 11.2. The molecule has 1 aliphatic heterocycles. The Labute approximate surface area is 200 Å². The lowest BCUT2D eigenvalue weighted by Gasteiger charge is -2.21. The minimum atomic E-state index is -1.82. The zero-order chi connectivity index (χ0) is 24.4. The molecule has 1 heterocycles. The number of hydrogen-bond donors (Lipinski definition) is 3. The van der Waals surface area contributed by atoms with E-state index in [-0.39, 0.29) is 0 Å². The molecule has 0 aromatic heterocycles. The summed E-state index contributed by atoms with van der Waals surface area (Å²) in [6.07, 6.45) is 0.719. The van der Waals surface area contributed by atoms with Gasteiger partial charge in [0.1, 0.15) is 0 Å². The number of para-hydroxylation sites is 1. The van der Waals surface area contributed by atoms with Gasteiger partial charge in [0, 0.05) is 0 Å². The molecule has 2 aromatic carbocycles. The van der Waals surface area contributed by atoms with Crippen molar-refractivity contribution in [3.63, 3.8) is 0 Å². The van der Waals surface area contributed by atoms with Crippen LogP contribution in [-0.2, 0) is 20.8 Å². The van der Waals surface area contributed by atoms with Crippen molar-refractivity contribution >= 4 is 46.8 Å². The largest absolute Gasteiger partial charge is 0.493 e. The highest BCUT2D eigenvalue weighted by molar-refractivity contribution is 6.39. The Hall–Kier alpha value is -3.21. The smallest absolute Gasteiger partial charge is 0.414 e. The number of nitrogens with zero attached hydrogens (tertiary/aromatic N) is 2. The second-order valence-corrected chi connectivity index (χ2v) is 7.23. The van der Waals surface area contributed by atoms with Crippen LogP contribution >= 0.6 is 23.2 Å². The summed E-state index contributed by atoms with van der Waals surface area (Å²) in [5, 5.41) is 20.7. The maximum Gasteiger partial charge on any atom is 0.414 e. The van der Waals surface area contributed by atoms with E-state index in [2.05, 4.69) is 10.3 Å². The van der Waals surface area contributed by atoms with E-state index in [1.165, 1.54) is 0 Å². The maximum atomic E-state index is 9.10. The highest BCUT2D eigenvalue weighted by Gasteiger charge is 2.20. The van der Waals surface area contributed by atoms with Crippen molar-refractivity contribution in [3.8, 4) is 11.5 Å². The third-order valence-corrected chi connectivity index (χ3v) is 4.90. The molecule has 1 aliphatic rings. The van der Waals surface area contributed by atoms with Gasteiger partial charge in [-0.1, -0.05) is 35.3 Å². The number of methoxy groups -OCH3 is 2. The Morgan fingerprint density at radius 2 is 1.70 bits per heavy atom. The lowest BCUT2D eigenvalue weighted by molar-refractivity contribution is -0.159. The second-order valence-electron chi connectivity index (χ2n) is 6.41. The number of anilines is 1. The van der Waals surface area contributed by atoms with Gasteiger partial charge in [0.2, 0.25) is 5.96 Å². The molecule has 10 nitrogen and oxygen atoms in total. The zero-order valence-corrected chi connectivity index (χ0v) is 19.4. The molecule has 0 saturated carbocycles. The molecular weight excluding hydrogens is 477 g/mol. The molecule has 0 radical (unpaired) electrons. The van der Waals surface area contributed by atoms with Crippen LogP contribution in [0.25, 0.3) is 0 Å². The van der Waals surface area contributed by atoms with Crippen molar-refractivity contribution in [3.05, 3.63) is 52.0 Å². The monoisotopic (exact) mass is 499 g/mol. The van der Waals surface area contributed by atoms with Gasteiger partial charge in [-0.2, -0.15) is 0 Å². The third-order valence-electron chi connectivity index (χ3n) is 4.27. The van der Waals surface area contributed by atoms with Crippen molar-refractivity contribution in [2.24, 2.45) is 4.99 Å². The molecule has 0 atom stereocenters. The van der Waals surface area contributed by atoms with Gasteiger partial charge in [0.15, 0.2) is 11.5 Å². The number of hydrogen-bond acceptors (Lipinski definition) is 8. The van der Waals surface area contributed by atoms with E-state index in [0.717, 1.165) is 12.0 Å². The maximum absolute atomic E-state index is 9.10. The summed E-state index contributed by atoms with van der Waals surface area (Å²) in [5.74, 6) is -1.65. The Kier molecular flexibility index (Phi) is 10.0. The van der Waals surface area contributed by atoms with Crippen LogP contribution in [0.1, 0.15) is 5.56 Å². The fourth-order valence-electron chi connectivity index (χ4n) is 2.70. The van der Waals surface area contributed by atoms with E-state index in [0.29, 0.717) is 52.9 Å². The molecule has 3 rings (SSSR count). The number of ether oxygens (including phenoxy) is 2. The second kappa shape index (κ2) is 12.7. The highest BCUT2D eigenvalue weighted by atomic mass is 35.5. The van der Waals surface area contributed by atoms with Gasteiger partial charge >= 0.3 is 11.9 Å². The molecule has 0 bridgehead atoms. The van der Waals surface area contributed by atoms with Crippen LogP contribution in [-0.4, -0.2) is 67.1 Å². The van der Waals surface area contributed by atoms with Crippen LogP contribution in [0.4, 0.5) is 5.69 Å². The topological polar surface area (TPSA) is 130 Å². The first kappa shape index (κ1) is 26.0. The summed E-state index contributed by atoms with van der Waals surface area (Å²) in [7, 11) is 3.24. The normalized spacial score (nSPS) is 12.4. The molecule has 0 fully saturated rings. The lowest BCUT2D eigenvalue weighted by atomic mass is 10.1. The molecule has 3 N–H and O–H groups in total. The number of benzene rings is 2. The molecule has 2 aromatic rings. The van der Waals surface area contributed by atoms with Crippen LogP contribution in [0, 0.1) is 0 Å². The molecule has 0 saturated heterocycles. The minimum Gasteiger partial charge on any atom is -0.493 e. The SMILES string of the molecule is COc1ccc(CCON2CCN=C2Nc2c(Cl)cccc2Cl)cc1OC.O=C(O)C(=O)O. The average Bonchev–Trinajstić information content (AvgIpc) is 3.23. The fourth-order valence-corrected chi connectivity index (χ4v) is 3.19. The van der Waals surface area contributed by atoms with Crippen LogP contribution < -0.4 is 14.8 Å². The van der Waals surface area contributed by atoms with Crippen molar-refractivity contribution < 1.29 is 34.1 Å². The number of carbonyl (C=O) groups is 2. The number of nitrogens with one attached hydrogen (secondary N) is 1. The van der Waals surface area contributed by atoms with E-state index in [1.54, 1.807) is 37.5 Å². The Morgan fingerprint density at radius 1 is 1.06 bits per heavy atom. The van der Waals surface area contributed by atoms with Gasteiger partial charge in [-0.15, -0.1) is 0 Å². The Morgan fingerprint density at radius 3 is 2.27 bits per heavy atom. The molecule has 0 aliphatic carbocycles. The summed E-state index contributed by atoms with van der Waals surface area (Å²) in [6.45, 7) is 1.80. The first-order valence-corrected chi connectivity index (χ1v) is 10.4. The minimum absolute atomic E-state index is 0.492. The lowest BCUT2D eigenvalue weighted by Crippen LogP contribution is -2.34. The predicted molar refractivity (Wildman–Crippen MR) is 124 cm³/mol. The van der Waals surface area contributed by atoms with Crippen LogP contribution in [0.2, 0.25) is 10.0 Å². The van der Waals surface area contributed by atoms with Crippen LogP contribution in [0.3, 0.4) is 0 Å². The number of aliphatic imine (C=N–C) groups is 1. The Bertz CT molecular complexity index is 985. The van der Waals surface area contributed by atoms with Gasteiger partial charge in [-0.3, -0.25) is 4.84 Å². The zero-order valence-electron chi connectivity index (χ0n) is 17.9. The highest BCUT2D eigenvalue weighted by Crippen LogP contribution is 2.30. The molecular formula is C21H23Cl2N3O7. The number of carboxylic acid groups (broad SMARTS) is 2. The van der Waals surface area contributed by atoms with Crippen LogP contribution in [0.15, 0.2) is 41.4 Å². The first-order chi connectivity index (χ1) is 15.8. The molecule has 0 spiro atoms.